The van der Waals surface area contributed by atoms with E-state index in [1.165, 1.54) is 19.1 Å². The lowest BCUT2D eigenvalue weighted by molar-refractivity contribution is -0.113. The molecule has 0 aromatic carbocycles. The molecule has 94 valence electrons. The monoisotopic (exact) mass is 235 g/mol. The van der Waals surface area contributed by atoms with Crippen molar-refractivity contribution in [1.82, 2.24) is 4.90 Å². The number of hydrogen-bond acceptors (Lipinski definition) is 4. The van der Waals surface area contributed by atoms with Crippen LogP contribution in [-0.2, 0) is 14.2 Å². The average molecular weight is 235 g/mol. The van der Waals surface area contributed by atoms with E-state index in [0.29, 0.717) is 6.54 Å². The Kier molecular flexibility index (Phi) is 7.49. The Bertz CT molecular complexity index is 231. The van der Waals surface area contributed by atoms with E-state index in [-0.39, 0.29) is 6.54 Å². The molecule has 0 unspecified atom stereocenters. The van der Waals surface area contributed by atoms with Crippen molar-refractivity contribution in [3.63, 3.8) is 0 Å². The molecular formula is C10H18FNO4. The second-order valence-electron chi connectivity index (χ2n) is 3.01. The maximum absolute atomic E-state index is 12.3. The zero-order valence-corrected chi connectivity index (χ0v) is 9.86. The van der Waals surface area contributed by atoms with Gasteiger partial charge in [0.15, 0.2) is 6.29 Å². The predicted octanol–water partition coefficient (Wildman–Crippen LogP) is 1.55. The first-order chi connectivity index (χ1) is 7.54. The van der Waals surface area contributed by atoms with Gasteiger partial charge in [0.05, 0.1) is 6.54 Å². The standard InChI is InChI=1S/C10H18FNO4/c1-5-12(6-9(14-3)15-4)10(13)16-7-8(2)11/h9H,2,5-7H2,1,3-4H3. The van der Waals surface area contributed by atoms with Crippen LogP contribution in [0.5, 0.6) is 0 Å². The van der Waals surface area contributed by atoms with Gasteiger partial charge in [-0.25, -0.2) is 9.18 Å². The Morgan fingerprint density at radius 1 is 1.44 bits per heavy atom. The molecule has 0 fully saturated rings. The number of carbonyl (C=O) groups excluding carboxylic acids is 1. The third-order valence-corrected chi connectivity index (χ3v) is 1.89. The van der Waals surface area contributed by atoms with Crippen molar-refractivity contribution in [1.29, 1.82) is 0 Å². The van der Waals surface area contributed by atoms with E-state index >= 15 is 0 Å². The zero-order valence-electron chi connectivity index (χ0n) is 9.86. The number of hydrogen-bond donors (Lipinski definition) is 0. The molecule has 0 heterocycles. The summed E-state index contributed by atoms with van der Waals surface area (Å²) in [4.78, 5) is 12.8. The van der Waals surface area contributed by atoms with Gasteiger partial charge in [-0.2, -0.15) is 0 Å². The molecule has 6 heteroatoms. The summed E-state index contributed by atoms with van der Waals surface area (Å²) in [7, 11) is 2.94. The Labute approximate surface area is 94.8 Å². The van der Waals surface area contributed by atoms with E-state index in [2.05, 4.69) is 11.3 Å². The maximum atomic E-state index is 12.3. The van der Waals surface area contributed by atoms with Gasteiger partial charge >= 0.3 is 6.09 Å². The van der Waals surface area contributed by atoms with Crippen LogP contribution < -0.4 is 0 Å². The molecule has 0 N–H and O–H groups in total. The first-order valence-corrected chi connectivity index (χ1v) is 4.85. The van der Waals surface area contributed by atoms with Crippen LogP contribution >= 0.6 is 0 Å². The minimum Gasteiger partial charge on any atom is -0.442 e. The zero-order chi connectivity index (χ0) is 12.6. The number of rotatable bonds is 7. The second-order valence-corrected chi connectivity index (χ2v) is 3.01. The number of likely N-dealkylation sites (N-methyl/N-ethyl adjacent to an activating group) is 1. The summed E-state index contributed by atoms with van der Waals surface area (Å²) in [5.74, 6) is -0.695. The minimum atomic E-state index is -0.695. The molecule has 0 aliphatic rings. The lowest BCUT2D eigenvalue weighted by atomic mass is 10.5. The molecule has 5 nitrogen and oxygen atoms in total. The molecule has 0 saturated carbocycles. The van der Waals surface area contributed by atoms with Gasteiger partial charge in [0, 0.05) is 20.8 Å². The SMILES string of the molecule is C=C(F)COC(=O)N(CC)CC(OC)OC. The van der Waals surface area contributed by atoms with Crippen LogP contribution in [-0.4, -0.2) is 51.2 Å². The fraction of sp³-hybridized carbons (Fsp3) is 0.700. The molecule has 0 radical (unpaired) electrons. The van der Waals surface area contributed by atoms with Gasteiger partial charge in [-0.05, 0) is 6.92 Å². The molecule has 0 atom stereocenters. The van der Waals surface area contributed by atoms with Gasteiger partial charge in [0.25, 0.3) is 0 Å². The number of methoxy groups -OCH3 is 2. The Balaban J connectivity index is 4.15. The Morgan fingerprint density at radius 3 is 2.38 bits per heavy atom. The molecule has 0 aliphatic heterocycles. The lowest BCUT2D eigenvalue weighted by Crippen LogP contribution is -2.39. The summed E-state index contributed by atoms with van der Waals surface area (Å²) in [6, 6.07) is 0. The van der Waals surface area contributed by atoms with Gasteiger partial charge < -0.3 is 19.1 Å². The van der Waals surface area contributed by atoms with Crippen molar-refractivity contribution < 1.29 is 23.4 Å². The topological polar surface area (TPSA) is 48.0 Å². The third kappa shape index (κ3) is 5.67. The van der Waals surface area contributed by atoms with E-state index in [9.17, 15) is 9.18 Å². The second kappa shape index (κ2) is 8.06. The molecule has 0 aliphatic carbocycles. The first kappa shape index (κ1) is 14.9. The van der Waals surface area contributed by atoms with Crippen molar-refractivity contribution in [2.75, 3.05) is 33.9 Å². The van der Waals surface area contributed by atoms with Gasteiger partial charge in [0.2, 0.25) is 0 Å². The fourth-order valence-electron chi connectivity index (χ4n) is 0.989. The normalized spacial score (nSPS) is 10.3. The highest BCUT2D eigenvalue weighted by atomic mass is 19.1. The van der Waals surface area contributed by atoms with Gasteiger partial charge in [-0.15, -0.1) is 0 Å². The smallest absolute Gasteiger partial charge is 0.410 e. The number of amides is 1. The Hall–Kier alpha value is -1.14. The maximum Gasteiger partial charge on any atom is 0.410 e. The summed E-state index contributed by atoms with van der Waals surface area (Å²) in [5.41, 5.74) is 0. The number of halogens is 1. The van der Waals surface area contributed by atoms with Crippen LogP contribution in [0.2, 0.25) is 0 Å². The van der Waals surface area contributed by atoms with E-state index in [1.807, 2.05) is 0 Å². The predicted molar refractivity (Wildman–Crippen MR) is 56.6 cm³/mol. The molecule has 0 aromatic heterocycles. The van der Waals surface area contributed by atoms with Crippen LogP contribution in [0.1, 0.15) is 6.92 Å². The van der Waals surface area contributed by atoms with E-state index in [4.69, 9.17) is 9.47 Å². The van der Waals surface area contributed by atoms with E-state index in [0.717, 1.165) is 0 Å². The van der Waals surface area contributed by atoms with Crippen molar-refractivity contribution >= 4 is 6.09 Å². The van der Waals surface area contributed by atoms with Crippen LogP contribution in [0.4, 0.5) is 9.18 Å². The summed E-state index contributed by atoms with van der Waals surface area (Å²) >= 11 is 0. The van der Waals surface area contributed by atoms with Gasteiger partial charge in [-0.3, -0.25) is 0 Å². The number of carbonyl (C=O) groups is 1. The van der Waals surface area contributed by atoms with Crippen molar-refractivity contribution in [2.24, 2.45) is 0 Å². The molecule has 0 bridgehead atoms. The summed E-state index contributed by atoms with van der Waals surface area (Å²) in [6.07, 6.45) is -1.15. The average Bonchev–Trinajstić information content (AvgIpc) is 2.27. The fourth-order valence-corrected chi connectivity index (χ4v) is 0.989. The quantitative estimate of drug-likeness (QED) is 0.628. The highest BCUT2D eigenvalue weighted by molar-refractivity contribution is 5.67. The number of ether oxygens (including phenoxy) is 3. The molecule has 0 rings (SSSR count). The van der Waals surface area contributed by atoms with Crippen LogP contribution in [0.3, 0.4) is 0 Å². The van der Waals surface area contributed by atoms with Crippen LogP contribution in [0.25, 0.3) is 0 Å². The molecule has 0 saturated heterocycles. The van der Waals surface area contributed by atoms with Crippen LogP contribution in [0, 0.1) is 0 Å². The van der Waals surface area contributed by atoms with E-state index < -0.39 is 24.8 Å². The number of nitrogens with zero attached hydrogens (tertiary/aromatic N) is 1. The third-order valence-electron chi connectivity index (χ3n) is 1.89. The summed E-state index contributed by atoms with van der Waals surface area (Å²) in [5, 5.41) is 0. The van der Waals surface area contributed by atoms with Crippen molar-refractivity contribution in [3.8, 4) is 0 Å². The van der Waals surface area contributed by atoms with E-state index in [1.54, 1.807) is 6.92 Å². The van der Waals surface area contributed by atoms with Gasteiger partial charge in [-0.1, -0.05) is 6.58 Å². The molecule has 1 amide bonds. The largest absolute Gasteiger partial charge is 0.442 e. The molecule has 0 aromatic rings. The molecular weight excluding hydrogens is 217 g/mol. The highest BCUT2D eigenvalue weighted by Crippen LogP contribution is 2.02. The minimum absolute atomic E-state index is 0.223. The molecule has 0 spiro atoms. The molecule has 16 heavy (non-hydrogen) atoms. The van der Waals surface area contributed by atoms with Gasteiger partial charge in [0.1, 0.15) is 12.4 Å². The Morgan fingerprint density at radius 2 is 2.00 bits per heavy atom. The van der Waals surface area contributed by atoms with Crippen molar-refractivity contribution in [3.05, 3.63) is 12.4 Å². The van der Waals surface area contributed by atoms with Crippen LogP contribution in [0.15, 0.2) is 12.4 Å². The summed E-state index contributed by atoms with van der Waals surface area (Å²) < 4.78 is 26.8. The highest BCUT2D eigenvalue weighted by Gasteiger charge is 2.18. The lowest BCUT2D eigenvalue weighted by Gasteiger charge is -2.24. The van der Waals surface area contributed by atoms with Crippen molar-refractivity contribution in [2.45, 2.75) is 13.2 Å². The first-order valence-electron chi connectivity index (χ1n) is 4.85. The summed E-state index contributed by atoms with van der Waals surface area (Å²) in [6.45, 7) is 4.98.